The largest absolute Gasteiger partial charge is 0.494 e. The van der Waals surface area contributed by atoms with Gasteiger partial charge in [-0.25, -0.2) is 0 Å². The van der Waals surface area contributed by atoms with Gasteiger partial charge >= 0.3 is 0 Å². The van der Waals surface area contributed by atoms with Crippen LogP contribution in [0.15, 0.2) is 54.6 Å². The van der Waals surface area contributed by atoms with Gasteiger partial charge < -0.3 is 9.64 Å². The molecule has 0 spiro atoms. The fraction of sp³-hybridized carbons (Fsp3) is 0.350. The molecular weight excluding hydrogens is 286 g/mol. The van der Waals surface area contributed by atoms with Crippen molar-refractivity contribution in [2.45, 2.75) is 19.3 Å². The molecule has 1 fully saturated rings. The van der Waals surface area contributed by atoms with Crippen LogP contribution in [-0.4, -0.2) is 36.9 Å². The number of benzene rings is 2. The molecule has 0 bridgehead atoms. The van der Waals surface area contributed by atoms with Crippen LogP contribution in [0.5, 0.6) is 5.75 Å². The number of rotatable bonds is 7. The van der Waals surface area contributed by atoms with E-state index in [1.54, 1.807) is 0 Å². The van der Waals surface area contributed by atoms with E-state index in [2.05, 4.69) is 4.90 Å². The minimum absolute atomic E-state index is 0.0474. The van der Waals surface area contributed by atoms with E-state index >= 15 is 0 Å². The van der Waals surface area contributed by atoms with Crippen molar-refractivity contribution >= 4 is 5.78 Å². The van der Waals surface area contributed by atoms with Crippen LogP contribution in [0, 0.1) is 0 Å². The number of likely N-dealkylation sites (tertiary alicyclic amines) is 1. The summed E-state index contributed by atoms with van der Waals surface area (Å²) < 4.78 is 5.77. The molecule has 2 aromatic rings. The number of ether oxygens (including phenoxy) is 1. The quantitative estimate of drug-likeness (QED) is 0.576. The zero-order chi connectivity index (χ0) is 15.9. The molecule has 1 heterocycles. The van der Waals surface area contributed by atoms with E-state index in [-0.39, 0.29) is 5.78 Å². The maximum absolute atomic E-state index is 12.3. The Labute approximate surface area is 137 Å². The van der Waals surface area contributed by atoms with Crippen molar-refractivity contribution in [2.24, 2.45) is 0 Å². The molecule has 1 saturated heterocycles. The van der Waals surface area contributed by atoms with E-state index in [4.69, 9.17) is 4.74 Å². The Balaban J connectivity index is 1.48. The van der Waals surface area contributed by atoms with Crippen molar-refractivity contribution in [2.75, 3.05) is 26.2 Å². The molecule has 2 aromatic carbocycles. The Morgan fingerprint density at radius 1 is 0.913 bits per heavy atom. The summed E-state index contributed by atoms with van der Waals surface area (Å²) in [5.41, 5.74) is 1.41. The van der Waals surface area contributed by atoms with E-state index in [9.17, 15) is 4.79 Å². The third-order valence-corrected chi connectivity index (χ3v) is 4.24. The summed E-state index contributed by atoms with van der Waals surface area (Å²) in [7, 11) is 0. The number of hydrogen-bond acceptors (Lipinski definition) is 3. The molecule has 23 heavy (non-hydrogen) atoms. The topological polar surface area (TPSA) is 29.5 Å². The van der Waals surface area contributed by atoms with Crippen LogP contribution in [0.25, 0.3) is 0 Å². The lowest BCUT2D eigenvalue weighted by Gasteiger charge is -2.14. The SMILES string of the molecule is O=C(c1ccccc1)c1ccc(OCCCN2CCCC2)cc1. The Kier molecular flexibility index (Phi) is 5.43. The van der Waals surface area contributed by atoms with Gasteiger partial charge in [0.2, 0.25) is 0 Å². The summed E-state index contributed by atoms with van der Waals surface area (Å²) in [6.45, 7) is 4.31. The Morgan fingerprint density at radius 3 is 2.26 bits per heavy atom. The molecule has 0 atom stereocenters. The average Bonchev–Trinajstić information content (AvgIpc) is 3.13. The molecule has 0 aliphatic carbocycles. The van der Waals surface area contributed by atoms with Crippen LogP contribution < -0.4 is 4.74 Å². The van der Waals surface area contributed by atoms with Crippen molar-refractivity contribution in [1.29, 1.82) is 0 Å². The summed E-state index contributed by atoms with van der Waals surface area (Å²) in [4.78, 5) is 14.8. The second kappa shape index (κ2) is 7.93. The first-order valence-electron chi connectivity index (χ1n) is 8.38. The van der Waals surface area contributed by atoms with E-state index < -0.39 is 0 Å². The van der Waals surface area contributed by atoms with Crippen LogP contribution in [-0.2, 0) is 0 Å². The third kappa shape index (κ3) is 4.42. The number of carbonyl (C=O) groups excluding carboxylic acids is 1. The maximum atomic E-state index is 12.3. The van der Waals surface area contributed by atoms with Crippen molar-refractivity contribution in [3.8, 4) is 5.75 Å². The highest BCUT2D eigenvalue weighted by Gasteiger charge is 2.11. The van der Waals surface area contributed by atoms with Gasteiger partial charge in [-0.15, -0.1) is 0 Å². The first kappa shape index (κ1) is 15.8. The van der Waals surface area contributed by atoms with Gasteiger partial charge in [-0.05, 0) is 56.6 Å². The molecule has 3 rings (SSSR count). The normalized spacial score (nSPS) is 14.8. The first-order chi connectivity index (χ1) is 11.3. The molecule has 1 aliphatic rings. The third-order valence-electron chi connectivity index (χ3n) is 4.24. The Morgan fingerprint density at radius 2 is 1.57 bits per heavy atom. The van der Waals surface area contributed by atoms with Gasteiger partial charge in [-0.2, -0.15) is 0 Å². The second-order valence-corrected chi connectivity index (χ2v) is 5.97. The number of carbonyl (C=O) groups is 1. The van der Waals surface area contributed by atoms with Crippen LogP contribution in [0.1, 0.15) is 35.2 Å². The molecule has 0 amide bonds. The lowest BCUT2D eigenvalue weighted by atomic mass is 10.0. The summed E-state index contributed by atoms with van der Waals surface area (Å²) in [6, 6.07) is 16.8. The first-order valence-corrected chi connectivity index (χ1v) is 8.38. The standard InChI is InChI=1S/C20H23NO2/c22-20(17-7-2-1-3-8-17)18-9-11-19(12-10-18)23-16-6-15-21-13-4-5-14-21/h1-3,7-12H,4-6,13-16H2. The highest BCUT2D eigenvalue weighted by molar-refractivity contribution is 6.08. The zero-order valence-electron chi connectivity index (χ0n) is 13.4. The minimum Gasteiger partial charge on any atom is -0.494 e. The van der Waals surface area contributed by atoms with Crippen molar-refractivity contribution < 1.29 is 9.53 Å². The van der Waals surface area contributed by atoms with Gasteiger partial charge in [0.1, 0.15) is 5.75 Å². The molecule has 120 valence electrons. The van der Waals surface area contributed by atoms with E-state index in [0.29, 0.717) is 11.1 Å². The molecular formula is C20H23NO2. The predicted molar refractivity (Wildman–Crippen MR) is 92.1 cm³/mol. The van der Waals surface area contributed by atoms with Gasteiger partial charge in [-0.1, -0.05) is 30.3 Å². The molecule has 0 saturated carbocycles. The fourth-order valence-corrected chi connectivity index (χ4v) is 2.94. The Bertz CT molecular complexity index is 616. The van der Waals surface area contributed by atoms with Crippen molar-refractivity contribution in [1.82, 2.24) is 4.90 Å². The molecule has 1 aliphatic heterocycles. The molecule has 3 heteroatoms. The van der Waals surface area contributed by atoms with Crippen LogP contribution in [0.3, 0.4) is 0 Å². The predicted octanol–water partition coefficient (Wildman–Crippen LogP) is 3.78. The summed E-state index contributed by atoms with van der Waals surface area (Å²) in [6.07, 6.45) is 3.71. The molecule has 0 radical (unpaired) electrons. The summed E-state index contributed by atoms with van der Waals surface area (Å²) >= 11 is 0. The van der Waals surface area contributed by atoms with Crippen molar-refractivity contribution in [3.63, 3.8) is 0 Å². The number of ketones is 1. The zero-order valence-corrected chi connectivity index (χ0v) is 13.4. The number of hydrogen-bond donors (Lipinski definition) is 0. The monoisotopic (exact) mass is 309 g/mol. The van der Waals surface area contributed by atoms with E-state index in [1.165, 1.54) is 25.9 Å². The molecule has 0 N–H and O–H groups in total. The smallest absolute Gasteiger partial charge is 0.193 e. The van der Waals surface area contributed by atoms with Gasteiger partial charge in [0.25, 0.3) is 0 Å². The second-order valence-electron chi connectivity index (χ2n) is 5.97. The van der Waals surface area contributed by atoms with Crippen molar-refractivity contribution in [3.05, 3.63) is 65.7 Å². The van der Waals surface area contributed by atoms with Crippen LogP contribution in [0.2, 0.25) is 0 Å². The number of nitrogens with zero attached hydrogens (tertiary/aromatic N) is 1. The maximum Gasteiger partial charge on any atom is 0.193 e. The lowest BCUT2D eigenvalue weighted by molar-refractivity contribution is 0.103. The molecule has 0 aromatic heterocycles. The van der Waals surface area contributed by atoms with E-state index in [1.807, 2.05) is 54.6 Å². The lowest BCUT2D eigenvalue weighted by Crippen LogP contribution is -2.21. The summed E-state index contributed by atoms with van der Waals surface area (Å²) in [5, 5.41) is 0. The van der Waals surface area contributed by atoms with Crippen LogP contribution in [0.4, 0.5) is 0 Å². The van der Waals surface area contributed by atoms with Crippen LogP contribution >= 0.6 is 0 Å². The van der Waals surface area contributed by atoms with Gasteiger partial charge in [0, 0.05) is 17.7 Å². The molecule has 3 nitrogen and oxygen atoms in total. The Hall–Kier alpha value is -2.13. The van der Waals surface area contributed by atoms with Gasteiger partial charge in [0.05, 0.1) is 6.61 Å². The molecule has 0 unspecified atom stereocenters. The fourth-order valence-electron chi connectivity index (χ4n) is 2.94. The highest BCUT2D eigenvalue weighted by Crippen LogP contribution is 2.16. The highest BCUT2D eigenvalue weighted by atomic mass is 16.5. The average molecular weight is 309 g/mol. The van der Waals surface area contributed by atoms with Gasteiger partial charge in [0.15, 0.2) is 5.78 Å². The summed E-state index contributed by atoms with van der Waals surface area (Å²) in [5.74, 6) is 0.877. The van der Waals surface area contributed by atoms with E-state index in [0.717, 1.165) is 25.3 Å². The van der Waals surface area contributed by atoms with Gasteiger partial charge in [-0.3, -0.25) is 4.79 Å². The minimum atomic E-state index is 0.0474.